The zero-order valence-corrected chi connectivity index (χ0v) is 8.06. The van der Waals surface area contributed by atoms with Crippen molar-refractivity contribution in [3.05, 3.63) is 0 Å². The van der Waals surface area contributed by atoms with Crippen molar-refractivity contribution in [2.24, 2.45) is 0 Å². The van der Waals surface area contributed by atoms with E-state index in [1.165, 1.54) is 0 Å². The van der Waals surface area contributed by atoms with E-state index in [-0.39, 0.29) is 5.13 Å². The highest BCUT2D eigenvalue weighted by molar-refractivity contribution is 7.09. The van der Waals surface area contributed by atoms with Gasteiger partial charge in [-0.2, -0.15) is 0 Å². The fraction of sp³-hybridized carbons (Fsp3) is 0.400. The molecule has 0 aromatic carbocycles. The van der Waals surface area contributed by atoms with Gasteiger partial charge in [-0.15, -0.1) is 0 Å². The molecular formula is C5H7N5O4S. The van der Waals surface area contributed by atoms with Crippen LogP contribution in [0.2, 0.25) is 0 Å². The number of carbonyl (C=O) groups excluding carboxylic acids is 1. The predicted octanol–water partition coefficient (Wildman–Crippen LogP) is -1.50. The largest absolute Gasteiger partial charge is 0.479 e. The molecule has 1 unspecified atom stereocenters. The van der Waals surface area contributed by atoms with Gasteiger partial charge in [-0.1, -0.05) is 9.59 Å². The van der Waals surface area contributed by atoms with E-state index in [1.54, 1.807) is 0 Å². The summed E-state index contributed by atoms with van der Waals surface area (Å²) < 4.78 is 3.39. The van der Waals surface area contributed by atoms with Gasteiger partial charge in [-0.05, 0) is 5.21 Å². The van der Waals surface area contributed by atoms with Crippen molar-refractivity contribution in [1.82, 2.24) is 20.1 Å². The molecule has 0 fully saturated rings. The number of nitrogens with zero attached hydrogens (tertiary/aromatic N) is 3. The zero-order chi connectivity index (χ0) is 11.3. The number of aliphatic hydroxyl groups is 1. The molecule has 0 aliphatic carbocycles. The molecule has 1 rings (SSSR count). The summed E-state index contributed by atoms with van der Waals surface area (Å²) in [7, 11) is 0. The van der Waals surface area contributed by atoms with Crippen LogP contribution < -0.4 is 10.6 Å². The van der Waals surface area contributed by atoms with Crippen molar-refractivity contribution in [1.29, 1.82) is 0 Å². The van der Waals surface area contributed by atoms with Crippen LogP contribution in [-0.2, 0) is 4.79 Å². The van der Waals surface area contributed by atoms with E-state index in [0.717, 1.165) is 11.5 Å². The number of aliphatic hydroxyl groups excluding tert-OH is 1. The van der Waals surface area contributed by atoms with E-state index in [9.17, 15) is 9.59 Å². The minimum absolute atomic E-state index is 0.178. The highest BCUT2D eigenvalue weighted by Gasteiger charge is 2.14. The maximum Gasteiger partial charge on any atom is 0.334 e. The van der Waals surface area contributed by atoms with Crippen LogP contribution in [0.1, 0.15) is 0 Å². The van der Waals surface area contributed by atoms with Gasteiger partial charge in [0, 0.05) is 11.5 Å². The van der Waals surface area contributed by atoms with Crippen LogP contribution >= 0.6 is 11.5 Å². The first-order valence-electron chi connectivity index (χ1n) is 3.70. The topological polar surface area (TPSA) is 137 Å². The monoisotopic (exact) mass is 233 g/mol. The molecule has 1 atom stereocenters. The third kappa shape index (κ3) is 3.83. The SMILES string of the molecule is O=C(NCC(O)C(=O)O)Nc1nnns1. The lowest BCUT2D eigenvalue weighted by atomic mass is 10.4. The lowest BCUT2D eigenvalue weighted by Gasteiger charge is -2.06. The fourth-order valence-corrected chi connectivity index (χ4v) is 0.962. The number of carboxylic acid groups (broad SMARTS) is 1. The molecule has 1 heterocycles. The second kappa shape index (κ2) is 5.17. The van der Waals surface area contributed by atoms with Crippen LogP contribution in [0.5, 0.6) is 0 Å². The maximum atomic E-state index is 11.0. The second-order valence-corrected chi connectivity index (χ2v) is 3.09. The Morgan fingerprint density at radius 2 is 2.27 bits per heavy atom. The molecule has 0 saturated heterocycles. The predicted molar refractivity (Wildman–Crippen MR) is 48.4 cm³/mol. The standard InChI is InChI=1S/C5H7N5O4S/c11-2(3(12)13)1-6-4(14)7-5-8-9-10-15-5/h2,11H,1H2,(H,12,13)(H2,6,7,8,10,14). The molecule has 0 aliphatic heterocycles. The number of rotatable bonds is 4. The number of carboxylic acids is 1. The van der Waals surface area contributed by atoms with E-state index in [2.05, 4.69) is 25.4 Å². The van der Waals surface area contributed by atoms with Gasteiger partial charge in [-0.25, -0.2) is 9.59 Å². The lowest BCUT2D eigenvalue weighted by Crippen LogP contribution is -2.38. The quantitative estimate of drug-likeness (QED) is 0.496. The highest BCUT2D eigenvalue weighted by atomic mass is 32.1. The summed E-state index contributed by atoms with van der Waals surface area (Å²) in [5.41, 5.74) is 0. The molecule has 2 amide bonds. The number of hydrogen-bond acceptors (Lipinski definition) is 7. The first-order valence-corrected chi connectivity index (χ1v) is 4.47. The fourth-order valence-electron chi connectivity index (χ4n) is 0.600. The van der Waals surface area contributed by atoms with Gasteiger partial charge >= 0.3 is 12.0 Å². The maximum absolute atomic E-state index is 11.0. The smallest absolute Gasteiger partial charge is 0.334 e. The van der Waals surface area contributed by atoms with Crippen molar-refractivity contribution >= 4 is 28.7 Å². The van der Waals surface area contributed by atoms with Gasteiger partial charge in [0.2, 0.25) is 5.13 Å². The van der Waals surface area contributed by atoms with Gasteiger partial charge in [0.1, 0.15) is 0 Å². The Labute approximate surface area is 87.3 Å². The van der Waals surface area contributed by atoms with Crippen LogP contribution in [0.3, 0.4) is 0 Å². The first-order chi connectivity index (χ1) is 7.09. The van der Waals surface area contributed by atoms with Crippen molar-refractivity contribution in [3.63, 3.8) is 0 Å². The Balaban J connectivity index is 2.28. The minimum Gasteiger partial charge on any atom is -0.479 e. The third-order valence-corrected chi connectivity index (χ3v) is 1.77. The molecule has 0 spiro atoms. The van der Waals surface area contributed by atoms with Crippen LogP contribution in [0.25, 0.3) is 0 Å². The molecule has 82 valence electrons. The van der Waals surface area contributed by atoms with Crippen LogP contribution in [0, 0.1) is 0 Å². The Morgan fingerprint density at radius 1 is 1.53 bits per heavy atom. The van der Waals surface area contributed by atoms with E-state index in [0.29, 0.717) is 0 Å². The van der Waals surface area contributed by atoms with Gasteiger partial charge < -0.3 is 15.5 Å². The molecule has 0 saturated carbocycles. The van der Waals surface area contributed by atoms with Crippen molar-refractivity contribution in [3.8, 4) is 0 Å². The number of anilines is 1. The number of urea groups is 1. The Kier molecular flexibility index (Phi) is 3.88. The average Bonchev–Trinajstić information content (AvgIpc) is 2.66. The van der Waals surface area contributed by atoms with E-state index < -0.39 is 24.6 Å². The minimum atomic E-state index is -1.64. The molecular weight excluding hydrogens is 226 g/mol. The van der Waals surface area contributed by atoms with Crippen LogP contribution in [0.4, 0.5) is 9.93 Å². The number of hydrogen-bond donors (Lipinski definition) is 4. The number of aromatic nitrogens is 3. The molecule has 0 aliphatic rings. The lowest BCUT2D eigenvalue weighted by molar-refractivity contribution is -0.146. The zero-order valence-electron chi connectivity index (χ0n) is 7.25. The van der Waals surface area contributed by atoms with Gasteiger partial charge in [0.25, 0.3) is 0 Å². The van der Waals surface area contributed by atoms with Crippen LogP contribution in [-0.4, -0.2) is 49.7 Å². The van der Waals surface area contributed by atoms with Crippen molar-refractivity contribution in [2.45, 2.75) is 6.10 Å². The number of aliphatic carboxylic acids is 1. The average molecular weight is 233 g/mol. The molecule has 10 heteroatoms. The normalized spacial score (nSPS) is 11.8. The number of nitrogens with one attached hydrogen (secondary N) is 2. The molecule has 1 aromatic heterocycles. The summed E-state index contributed by atoms with van der Waals surface area (Å²) in [6.07, 6.45) is -1.64. The molecule has 0 bridgehead atoms. The van der Waals surface area contributed by atoms with E-state index in [4.69, 9.17) is 10.2 Å². The van der Waals surface area contributed by atoms with Crippen molar-refractivity contribution in [2.75, 3.05) is 11.9 Å². The summed E-state index contributed by atoms with van der Waals surface area (Å²) in [5, 5.41) is 28.3. The van der Waals surface area contributed by atoms with Gasteiger partial charge in [0.15, 0.2) is 6.10 Å². The van der Waals surface area contributed by atoms with Crippen LogP contribution in [0.15, 0.2) is 0 Å². The number of amides is 2. The van der Waals surface area contributed by atoms with Gasteiger partial charge in [-0.3, -0.25) is 5.32 Å². The molecule has 15 heavy (non-hydrogen) atoms. The molecule has 4 N–H and O–H groups in total. The van der Waals surface area contributed by atoms with Crippen molar-refractivity contribution < 1.29 is 19.8 Å². The first kappa shape index (κ1) is 11.3. The third-order valence-electron chi connectivity index (χ3n) is 1.26. The molecule has 0 radical (unpaired) electrons. The van der Waals surface area contributed by atoms with E-state index >= 15 is 0 Å². The number of carbonyl (C=O) groups is 2. The Bertz CT molecular complexity index is 341. The summed E-state index contributed by atoms with van der Waals surface area (Å²) in [6, 6.07) is -0.686. The second-order valence-electron chi connectivity index (χ2n) is 2.36. The highest BCUT2D eigenvalue weighted by Crippen LogP contribution is 2.03. The Morgan fingerprint density at radius 3 is 2.80 bits per heavy atom. The van der Waals surface area contributed by atoms with E-state index in [1.807, 2.05) is 0 Å². The summed E-state index contributed by atoms with van der Waals surface area (Å²) >= 11 is 0.869. The molecule has 9 nitrogen and oxygen atoms in total. The van der Waals surface area contributed by atoms with Gasteiger partial charge in [0.05, 0.1) is 6.54 Å². The summed E-state index contributed by atoms with van der Waals surface area (Å²) in [6.45, 7) is -0.395. The summed E-state index contributed by atoms with van der Waals surface area (Å²) in [4.78, 5) is 21.2. The Hall–Kier alpha value is -1.81. The molecule has 1 aromatic rings. The summed E-state index contributed by atoms with van der Waals surface area (Å²) in [5.74, 6) is -1.41.